The predicted octanol–water partition coefficient (Wildman–Crippen LogP) is -2.74. The number of H-pyrrole nitrogens is 2. The van der Waals surface area contributed by atoms with E-state index in [-0.39, 0.29) is 67.9 Å². The number of carbonyl (C=O) groups is 1. The van der Waals surface area contributed by atoms with E-state index < -0.39 is 29.2 Å². The molecule has 0 aromatic carbocycles. The van der Waals surface area contributed by atoms with Gasteiger partial charge in [0.05, 0.1) is 19.3 Å². The van der Waals surface area contributed by atoms with Gasteiger partial charge < -0.3 is 56.5 Å². The Hall–Kier alpha value is -4.43. The summed E-state index contributed by atoms with van der Waals surface area (Å²) in [7, 11) is 0. The largest absolute Gasteiger partial charge is 0.462 e. The predicted molar refractivity (Wildman–Crippen MR) is 153 cm³/mol. The van der Waals surface area contributed by atoms with E-state index in [9.17, 15) is 19.5 Å². The fourth-order valence-electron chi connectivity index (χ4n) is 3.68. The number of aliphatic hydroxyl groups excluding tert-OH is 3. The number of fused-ring (bicyclic) bond motifs is 2. The zero-order valence-corrected chi connectivity index (χ0v) is 23.7. The molecule has 0 amide bonds. The molecule has 0 fully saturated rings. The normalized spacial score (nSPS) is 12.9. The lowest BCUT2D eigenvalue weighted by atomic mass is 10.1. The van der Waals surface area contributed by atoms with E-state index in [2.05, 4.69) is 29.9 Å². The van der Waals surface area contributed by atoms with Gasteiger partial charge >= 0.3 is 17.1 Å². The molecule has 1 unspecified atom stereocenters. The number of hydrogen-bond donors (Lipinski definition) is 8. The van der Waals surface area contributed by atoms with Gasteiger partial charge in [-0.15, -0.1) is 0 Å². The number of aromatic amines is 2. The number of aryl methyl sites for hydroxylation is 1. The third kappa shape index (κ3) is 8.55. The summed E-state index contributed by atoms with van der Waals surface area (Å²) in [6, 6.07) is -0.738. The lowest BCUT2D eigenvalue weighted by Crippen LogP contribution is -2.39. The quantitative estimate of drug-likeness (QED) is 0.0715. The minimum absolute atomic E-state index is 0.0371. The topological polar surface area (TPSA) is 301 Å². The van der Waals surface area contributed by atoms with Crippen molar-refractivity contribution in [3.05, 3.63) is 33.4 Å². The van der Waals surface area contributed by atoms with E-state index >= 15 is 0 Å². The third-order valence-electron chi connectivity index (χ3n) is 6.37. The second-order valence-electron chi connectivity index (χ2n) is 9.92. The van der Waals surface area contributed by atoms with Crippen molar-refractivity contribution in [2.75, 3.05) is 37.9 Å². The molecule has 43 heavy (non-hydrogen) atoms. The van der Waals surface area contributed by atoms with Crippen molar-refractivity contribution in [3.8, 4) is 0 Å². The summed E-state index contributed by atoms with van der Waals surface area (Å²) in [5, 5.41) is 27.3. The summed E-state index contributed by atoms with van der Waals surface area (Å²) in [5.74, 6) is -0.819. The molecule has 236 valence electrons. The van der Waals surface area contributed by atoms with Crippen LogP contribution in [0.3, 0.4) is 0 Å². The summed E-state index contributed by atoms with van der Waals surface area (Å²) in [6.07, 6.45) is 2.70. The molecule has 11 N–H and O–H groups in total. The molecule has 4 rings (SSSR count). The standard InChI is InChI=1S/C14H22N6O5.C10H15N5O3/c1-7(2)9(15)13(23)24-4-8(3-21)25-6-20-5-17-10-11(20)18-14(16)19-12(10)22;11-10-13-8-7(9(18)14-10)12-5-15(8)2-1-6(3-16)4-17/h5,7-9,21H,3-4,6,15H2,1-2H3,(H3,16,18,19,22);5-6,16-17H,1-4H2,(H3,11,13,14,18)/t8?,9-;/m0./s1. The number of nitrogens with one attached hydrogen (secondary N) is 2. The van der Waals surface area contributed by atoms with Crippen LogP contribution in [-0.2, 0) is 27.5 Å². The number of ether oxygens (including phenoxy) is 2. The summed E-state index contributed by atoms with van der Waals surface area (Å²) in [5.41, 5.74) is 16.8. The highest BCUT2D eigenvalue weighted by atomic mass is 16.6. The molecule has 19 nitrogen and oxygen atoms in total. The van der Waals surface area contributed by atoms with Gasteiger partial charge in [0.1, 0.15) is 36.8 Å². The number of aromatic nitrogens is 8. The zero-order chi connectivity index (χ0) is 31.7. The molecule has 4 heterocycles. The molecule has 0 spiro atoms. The van der Waals surface area contributed by atoms with Crippen molar-refractivity contribution in [1.82, 2.24) is 39.0 Å². The van der Waals surface area contributed by atoms with Crippen LogP contribution in [0.5, 0.6) is 0 Å². The van der Waals surface area contributed by atoms with E-state index in [0.29, 0.717) is 24.3 Å². The average molecular weight is 608 g/mol. The molecule has 19 heteroatoms. The second-order valence-corrected chi connectivity index (χ2v) is 9.92. The van der Waals surface area contributed by atoms with Gasteiger partial charge in [0.2, 0.25) is 11.9 Å². The van der Waals surface area contributed by atoms with E-state index in [1.165, 1.54) is 17.2 Å². The highest BCUT2D eigenvalue weighted by Gasteiger charge is 2.21. The number of rotatable bonds is 13. The number of nitrogens with zero attached hydrogens (tertiary/aromatic N) is 6. The summed E-state index contributed by atoms with van der Waals surface area (Å²) < 4.78 is 13.7. The number of imidazole rings is 2. The molecule has 2 atom stereocenters. The highest BCUT2D eigenvalue weighted by Crippen LogP contribution is 2.11. The number of anilines is 2. The highest BCUT2D eigenvalue weighted by molar-refractivity contribution is 5.75. The van der Waals surface area contributed by atoms with E-state index in [4.69, 9.17) is 36.9 Å². The Morgan fingerprint density at radius 2 is 1.47 bits per heavy atom. The van der Waals surface area contributed by atoms with Gasteiger partial charge in [-0.25, -0.2) is 9.97 Å². The second kappa shape index (κ2) is 15.2. The average Bonchev–Trinajstić information content (AvgIpc) is 3.57. The SMILES string of the molecule is CC(C)[C@H](N)C(=O)OCC(CO)OCn1cnc2c(=O)nc(N)[nH]c21.Nc1nc(=O)c2ncn(CCC(CO)CO)c2[nH]1. The Morgan fingerprint density at radius 3 is 1.98 bits per heavy atom. The molecule has 0 saturated carbocycles. The number of esters is 1. The van der Waals surface area contributed by atoms with Crippen LogP contribution >= 0.6 is 0 Å². The fourth-order valence-corrected chi connectivity index (χ4v) is 3.68. The maximum absolute atomic E-state index is 11.7. The van der Waals surface area contributed by atoms with Crippen molar-refractivity contribution in [1.29, 1.82) is 0 Å². The first-order valence-electron chi connectivity index (χ1n) is 13.3. The van der Waals surface area contributed by atoms with Crippen molar-refractivity contribution >= 4 is 40.2 Å². The molecule has 0 aliphatic rings. The van der Waals surface area contributed by atoms with Crippen molar-refractivity contribution in [2.24, 2.45) is 17.6 Å². The molecular formula is C24H37N11O8. The van der Waals surface area contributed by atoms with Crippen LogP contribution in [0.4, 0.5) is 11.9 Å². The van der Waals surface area contributed by atoms with Crippen molar-refractivity contribution < 1.29 is 29.6 Å². The Kier molecular flexibility index (Phi) is 11.7. The zero-order valence-electron chi connectivity index (χ0n) is 23.7. The Bertz CT molecular complexity index is 1610. The van der Waals surface area contributed by atoms with Gasteiger partial charge in [-0.05, 0) is 12.3 Å². The summed E-state index contributed by atoms with van der Waals surface area (Å²) in [4.78, 5) is 55.4. The van der Waals surface area contributed by atoms with Gasteiger partial charge in [0, 0.05) is 25.7 Å². The van der Waals surface area contributed by atoms with Crippen LogP contribution in [0, 0.1) is 11.8 Å². The van der Waals surface area contributed by atoms with Gasteiger partial charge in [-0.3, -0.25) is 19.0 Å². The minimum atomic E-state index is -0.758. The molecule has 0 bridgehead atoms. The molecule has 4 aromatic heterocycles. The number of carbonyl (C=O) groups excluding carboxylic acids is 1. The van der Waals surface area contributed by atoms with Crippen LogP contribution in [0.1, 0.15) is 20.3 Å². The lowest BCUT2D eigenvalue weighted by molar-refractivity contribution is -0.153. The molecule has 4 aromatic rings. The first-order chi connectivity index (χ1) is 20.5. The maximum Gasteiger partial charge on any atom is 0.323 e. The number of hydrogen-bond acceptors (Lipinski definition) is 15. The monoisotopic (exact) mass is 607 g/mol. The lowest BCUT2D eigenvalue weighted by Gasteiger charge is -2.19. The van der Waals surface area contributed by atoms with Crippen LogP contribution in [0.2, 0.25) is 0 Å². The third-order valence-corrected chi connectivity index (χ3v) is 6.37. The molecule has 0 saturated heterocycles. The smallest absolute Gasteiger partial charge is 0.323 e. The van der Waals surface area contributed by atoms with Crippen LogP contribution < -0.4 is 28.3 Å². The van der Waals surface area contributed by atoms with Gasteiger partial charge in [0.15, 0.2) is 11.0 Å². The maximum atomic E-state index is 11.7. The first-order valence-corrected chi connectivity index (χ1v) is 13.3. The molecule has 0 radical (unpaired) electrons. The minimum Gasteiger partial charge on any atom is -0.462 e. The van der Waals surface area contributed by atoms with Gasteiger partial charge in [0.25, 0.3) is 0 Å². The van der Waals surface area contributed by atoms with Crippen LogP contribution in [-0.4, -0.2) is 98.9 Å². The molecule has 0 aliphatic carbocycles. The van der Waals surface area contributed by atoms with E-state index in [0.717, 1.165) is 0 Å². The van der Waals surface area contributed by atoms with Crippen molar-refractivity contribution in [3.63, 3.8) is 0 Å². The fraction of sp³-hybridized carbons (Fsp3) is 0.542. The number of nitrogen functional groups attached to an aromatic ring is 2. The van der Waals surface area contributed by atoms with Crippen LogP contribution in [0.15, 0.2) is 22.2 Å². The Morgan fingerprint density at radius 1 is 0.930 bits per heavy atom. The van der Waals surface area contributed by atoms with E-state index in [1.807, 2.05) is 0 Å². The molecular weight excluding hydrogens is 570 g/mol. The summed E-state index contributed by atoms with van der Waals surface area (Å²) >= 11 is 0. The van der Waals surface area contributed by atoms with Crippen molar-refractivity contribution in [2.45, 2.75) is 45.7 Å². The van der Waals surface area contributed by atoms with Gasteiger partial charge in [-0.2, -0.15) is 9.97 Å². The Labute approximate surface area is 243 Å². The molecule has 0 aliphatic heterocycles. The van der Waals surface area contributed by atoms with Crippen LogP contribution in [0.25, 0.3) is 22.3 Å². The number of aliphatic hydroxyl groups is 3. The summed E-state index contributed by atoms with van der Waals surface area (Å²) in [6.45, 7) is 3.40. The van der Waals surface area contributed by atoms with Gasteiger partial charge in [-0.1, -0.05) is 13.8 Å². The van der Waals surface area contributed by atoms with E-state index in [1.54, 1.807) is 18.4 Å². The number of nitrogens with two attached hydrogens (primary N) is 3. The first kappa shape index (κ1) is 33.1. The Balaban J connectivity index is 0.000000248.